The Kier molecular flexibility index (Phi) is 5.04. The second kappa shape index (κ2) is 5.90. The normalized spacial score (nSPS) is 21.5. The molecule has 2 heteroatoms. The molecule has 0 atom stereocenters. The van der Waals surface area contributed by atoms with Crippen molar-refractivity contribution >= 4 is 12.6 Å². The van der Waals surface area contributed by atoms with Crippen LogP contribution in [0.5, 0.6) is 0 Å². The predicted octanol–water partition coefficient (Wildman–Crippen LogP) is 2.66. The highest BCUT2D eigenvalue weighted by molar-refractivity contribution is 7.80. The van der Waals surface area contributed by atoms with Crippen molar-refractivity contribution in [2.45, 2.75) is 44.6 Å². The van der Waals surface area contributed by atoms with Crippen LogP contribution in [0.3, 0.4) is 0 Å². The number of ether oxygens (including phenoxy) is 1. The molecule has 0 saturated heterocycles. The zero-order valence-corrected chi connectivity index (χ0v) is 7.98. The van der Waals surface area contributed by atoms with Crippen LogP contribution >= 0.6 is 12.6 Å². The van der Waals surface area contributed by atoms with Gasteiger partial charge in [0.2, 0.25) is 0 Å². The Bertz CT molecular complexity index is 87.6. The number of thiol groups is 1. The van der Waals surface area contributed by atoms with Crippen molar-refractivity contribution < 1.29 is 4.74 Å². The average Bonchev–Trinajstić information content (AvgIpc) is 2.28. The van der Waals surface area contributed by atoms with Crippen LogP contribution in [0.4, 0.5) is 0 Å². The predicted molar refractivity (Wildman–Crippen MR) is 51.3 cm³/mol. The van der Waals surface area contributed by atoms with E-state index in [2.05, 4.69) is 12.6 Å². The molecule has 0 N–H and O–H groups in total. The molecule has 1 saturated carbocycles. The smallest absolute Gasteiger partial charge is 0.0575 e. The lowest BCUT2D eigenvalue weighted by molar-refractivity contribution is 0.0544. The van der Waals surface area contributed by atoms with Gasteiger partial charge in [-0.2, -0.15) is 12.6 Å². The summed E-state index contributed by atoms with van der Waals surface area (Å²) in [5, 5.41) is 0. The van der Waals surface area contributed by atoms with Gasteiger partial charge in [-0.25, -0.2) is 0 Å². The highest BCUT2D eigenvalue weighted by Crippen LogP contribution is 2.19. The molecule has 0 aliphatic heterocycles. The van der Waals surface area contributed by atoms with Gasteiger partial charge in [-0.1, -0.05) is 25.7 Å². The van der Waals surface area contributed by atoms with E-state index in [-0.39, 0.29) is 0 Å². The van der Waals surface area contributed by atoms with Gasteiger partial charge in [0.1, 0.15) is 0 Å². The minimum Gasteiger partial charge on any atom is -0.377 e. The molecule has 66 valence electrons. The Hall–Kier alpha value is 0.310. The molecule has 0 unspecified atom stereocenters. The summed E-state index contributed by atoms with van der Waals surface area (Å²) in [7, 11) is 0. The fourth-order valence-electron chi connectivity index (χ4n) is 1.63. The first-order valence-corrected chi connectivity index (χ1v) is 5.29. The molecule has 0 radical (unpaired) electrons. The molecular weight excluding hydrogens is 156 g/mol. The Labute approximate surface area is 74.9 Å². The first kappa shape index (κ1) is 9.40. The third-order valence-electron chi connectivity index (χ3n) is 2.25. The molecule has 1 rings (SSSR count). The second-order valence-corrected chi connectivity index (χ2v) is 3.66. The molecule has 0 bridgehead atoms. The molecule has 0 aromatic rings. The quantitative estimate of drug-likeness (QED) is 0.511. The molecule has 1 aliphatic carbocycles. The lowest BCUT2D eigenvalue weighted by Gasteiger charge is -2.13. The number of rotatable bonds is 3. The molecule has 0 amide bonds. The number of hydrogen-bond donors (Lipinski definition) is 1. The highest BCUT2D eigenvalue weighted by Gasteiger charge is 2.11. The van der Waals surface area contributed by atoms with E-state index in [4.69, 9.17) is 4.74 Å². The zero-order valence-electron chi connectivity index (χ0n) is 7.09. The molecule has 0 aromatic heterocycles. The van der Waals surface area contributed by atoms with Crippen molar-refractivity contribution in [3.05, 3.63) is 0 Å². The minimum absolute atomic E-state index is 0.546. The van der Waals surface area contributed by atoms with E-state index < -0.39 is 0 Å². The third kappa shape index (κ3) is 4.02. The fraction of sp³-hybridized carbons (Fsp3) is 1.00. The Balaban J connectivity index is 2.09. The van der Waals surface area contributed by atoms with Gasteiger partial charge in [-0.15, -0.1) is 0 Å². The summed E-state index contributed by atoms with van der Waals surface area (Å²) in [4.78, 5) is 0. The van der Waals surface area contributed by atoms with E-state index in [1.54, 1.807) is 0 Å². The molecule has 1 nitrogen and oxygen atoms in total. The molecule has 11 heavy (non-hydrogen) atoms. The summed E-state index contributed by atoms with van der Waals surface area (Å²) in [6.45, 7) is 0.827. The first-order valence-electron chi connectivity index (χ1n) is 4.66. The number of hydrogen-bond acceptors (Lipinski definition) is 2. The molecule has 1 aliphatic rings. The third-order valence-corrected chi connectivity index (χ3v) is 2.43. The van der Waals surface area contributed by atoms with Crippen LogP contribution in [0.2, 0.25) is 0 Å². The van der Waals surface area contributed by atoms with Gasteiger partial charge in [0.05, 0.1) is 12.7 Å². The fourth-order valence-corrected chi connectivity index (χ4v) is 1.73. The van der Waals surface area contributed by atoms with Crippen molar-refractivity contribution in [2.24, 2.45) is 0 Å². The van der Waals surface area contributed by atoms with Crippen LogP contribution in [0.25, 0.3) is 0 Å². The van der Waals surface area contributed by atoms with Gasteiger partial charge in [-0.05, 0) is 12.8 Å². The van der Waals surface area contributed by atoms with Gasteiger partial charge < -0.3 is 4.74 Å². The first-order chi connectivity index (χ1) is 5.43. The van der Waals surface area contributed by atoms with Crippen molar-refractivity contribution in [3.8, 4) is 0 Å². The van der Waals surface area contributed by atoms with E-state index in [1.165, 1.54) is 38.5 Å². The van der Waals surface area contributed by atoms with Crippen LogP contribution in [-0.4, -0.2) is 18.5 Å². The highest BCUT2D eigenvalue weighted by atomic mass is 32.1. The Morgan fingerprint density at radius 1 is 1.09 bits per heavy atom. The van der Waals surface area contributed by atoms with Crippen molar-refractivity contribution in [3.63, 3.8) is 0 Å². The van der Waals surface area contributed by atoms with Gasteiger partial charge in [-0.3, -0.25) is 0 Å². The molecule has 0 aromatic carbocycles. The maximum Gasteiger partial charge on any atom is 0.0575 e. The lowest BCUT2D eigenvalue weighted by atomic mass is 10.1. The maximum absolute atomic E-state index is 5.64. The van der Waals surface area contributed by atoms with Crippen LogP contribution < -0.4 is 0 Å². The van der Waals surface area contributed by atoms with Crippen molar-refractivity contribution in [2.75, 3.05) is 12.4 Å². The van der Waals surface area contributed by atoms with E-state index in [9.17, 15) is 0 Å². The SMILES string of the molecule is SCCOC1CCCCCC1. The van der Waals surface area contributed by atoms with E-state index in [1.807, 2.05) is 0 Å². The summed E-state index contributed by atoms with van der Waals surface area (Å²) < 4.78 is 5.64. The van der Waals surface area contributed by atoms with Gasteiger partial charge >= 0.3 is 0 Å². The van der Waals surface area contributed by atoms with E-state index in [0.29, 0.717) is 6.10 Å². The van der Waals surface area contributed by atoms with Crippen molar-refractivity contribution in [1.82, 2.24) is 0 Å². The topological polar surface area (TPSA) is 9.23 Å². The average molecular weight is 174 g/mol. The van der Waals surface area contributed by atoms with E-state index in [0.717, 1.165) is 12.4 Å². The largest absolute Gasteiger partial charge is 0.377 e. The zero-order chi connectivity index (χ0) is 7.94. The molecular formula is C9H18OS. The maximum atomic E-state index is 5.64. The summed E-state index contributed by atoms with van der Waals surface area (Å²) in [5.74, 6) is 0.858. The summed E-state index contributed by atoms with van der Waals surface area (Å²) in [5.41, 5.74) is 0. The van der Waals surface area contributed by atoms with Crippen LogP contribution in [0.15, 0.2) is 0 Å². The van der Waals surface area contributed by atoms with Crippen LogP contribution in [-0.2, 0) is 4.74 Å². The van der Waals surface area contributed by atoms with Crippen molar-refractivity contribution in [1.29, 1.82) is 0 Å². The van der Waals surface area contributed by atoms with Gasteiger partial charge in [0.25, 0.3) is 0 Å². The Morgan fingerprint density at radius 2 is 1.73 bits per heavy atom. The van der Waals surface area contributed by atoms with Gasteiger partial charge in [0.15, 0.2) is 0 Å². The molecule has 0 heterocycles. The summed E-state index contributed by atoms with van der Waals surface area (Å²) >= 11 is 4.12. The summed E-state index contributed by atoms with van der Waals surface area (Å²) in [6, 6.07) is 0. The molecule has 0 spiro atoms. The second-order valence-electron chi connectivity index (χ2n) is 3.21. The molecule has 1 fully saturated rings. The lowest BCUT2D eigenvalue weighted by Crippen LogP contribution is -2.12. The van der Waals surface area contributed by atoms with Crippen LogP contribution in [0.1, 0.15) is 38.5 Å². The van der Waals surface area contributed by atoms with E-state index >= 15 is 0 Å². The van der Waals surface area contributed by atoms with Gasteiger partial charge in [0, 0.05) is 5.75 Å². The minimum atomic E-state index is 0.546. The monoisotopic (exact) mass is 174 g/mol. The Morgan fingerprint density at radius 3 is 2.27 bits per heavy atom. The summed E-state index contributed by atoms with van der Waals surface area (Å²) in [6.07, 6.45) is 8.61. The van der Waals surface area contributed by atoms with Crippen LogP contribution in [0, 0.1) is 0 Å². The standard InChI is InChI=1S/C9H18OS/c11-8-7-10-9-5-3-1-2-4-6-9/h9,11H,1-8H2.